The molecule has 0 amide bonds. The number of hydrogen-bond donors (Lipinski definition) is 2. The first kappa shape index (κ1) is 23.8. The van der Waals surface area contributed by atoms with Crippen molar-refractivity contribution in [3.05, 3.63) is 56.9 Å². The lowest BCUT2D eigenvalue weighted by Gasteiger charge is -2.41. The first-order valence-corrected chi connectivity index (χ1v) is 10.9. The number of alkyl halides is 1. The molecular formula is C17H15B3FN2O9P. The molecule has 1 fully saturated rings. The van der Waals surface area contributed by atoms with Gasteiger partial charge in [0.05, 0.1) is 25.2 Å². The van der Waals surface area contributed by atoms with Gasteiger partial charge in [-0.1, -0.05) is 12.1 Å². The Morgan fingerprint density at radius 3 is 2.76 bits per heavy atom. The summed E-state index contributed by atoms with van der Waals surface area (Å²) in [6.07, 6.45) is -2.04. The molecule has 1 aromatic heterocycles. The van der Waals surface area contributed by atoms with Gasteiger partial charge in [-0.3, -0.25) is 23.4 Å². The molecule has 0 saturated carbocycles. The Labute approximate surface area is 190 Å². The number of aromatic amines is 1. The SMILES string of the molecule is [B]C([B])(OP1(=O)OCc2cccc(OC)c2O1)[C@]1(F)C[C@@H](O)[C@]([B])(n2ccc(=O)[nH]c2=O)O1. The van der Waals surface area contributed by atoms with Crippen LogP contribution in [0.3, 0.4) is 0 Å². The Balaban J connectivity index is 1.63. The summed E-state index contributed by atoms with van der Waals surface area (Å²) in [5, 5.41) is 7.35. The van der Waals surface area contributed by atoms with Crippen LogP contribution in [0.2, 0.25) is 0 Å². The van der Waals surface area contributed by atoms with E-state index in [4.69, 9.17) is 46.6 Å². The summed E-state index contributed by atoms with van der Waals surface area (Å²) in [4.78, 5) is 25.3. The molecule has 33 heavy (non-hydrogen) atoms. The fourth-order valence-corrected chi connectivity index (χ4v) is 4.81. The number of methoxy groups -OCH3 is 1. The number of aliphatic hydroxyl groups is 1. The molecule has 2 aliphatic heterocycles. The maximum Gasteiger partial charge on any atom is 0.529 e. The Morgan fingerprint density at radius 2 is 2.09 bits per heavy atom. The molecule has 0 bridgehead atoms. The maximum atomic E-state index is 15.8. The maximum absolute atomic E-state index is 15.8. The molecule has 1 aromatic carbocycles. The summed E-state index contributed by atoms with van der Waals surface area (Å²) in [6.45, 7) is -0.268. The number of H-pyrrole nitrogens is 1. The second-order valence-electron chi connectivity index (χ2n) is 7.43. The number of phosphoric ester groups is 1. The number of para-hydroxylation sites is 1. The number of aromatic nitrogens is 2. The zero-order chi connectivity index (χ0) is 24.2. The Hall–Kier alpha value is -2.31. The fraction of sp³-hybridized carbons (Fsp3) is 0.412. The predicted octanol–water partition coefficient (Wildman–Crippen LogP) is -0.504. The van der Waals surface area contributed by atoms with Crippen LogP contribution in [0, 0.1) is 0 Å². The molecule has 16 heteroatoms. The first-order valence-electron chi connectivity index (χ1n) is 9.39. The van der Waals surface area contributed by atoms with Crippen molar-refractivity contribution in [2.75, 3.05) is 7.11 Å². The monoisotopic (exact) mass is 474 g/mol. The summed E-state index contributed by atoms with van der Waals surface area (Å²) in [6, 6.07) is 5.66. The number of nitrogens with zero attached hydrogens (tertiary/aromatic N) is 1. The molecule has 1 saturated heterocycles. The summed E-state index contributed by atoms with van der Waals surface area (Å²) in [7, 11) is 14.2. The van der Waals surface area contributed by atoms with Crippen molar-refractivity contribution in [3.8, 4) is 11.5 Å². The molecule has 11 nitrogen and oxygen atoms in total. The predicted molar refractivity (Wildman–Crippen MR) is 112 cm³/mol. The van der Waals surface area contributed by atoms with E-state index in [-0.39, 0.29) is 18.1 Å². The number of nitrogens with one attached hydrogen (secondary N) is 1. The Morgan fingerprint density at radius 1 is 1.36 bits per heavy atom. The smallest absolute Gasteiger partial charge is 0.493 e. The van der Waals surface area contributed by atoms with Crippen molar-refractivity contribution >= 4 is 31.4 Å². The van der Waals surface area contributed by atoms with Crippen molar-refractivity contribution in [2.45, 2.75) is 36.0 Å². The summed E-state index contributed by atoms with van der Waals surface area (Å²) < 4.78 is 55.1. The molecular weight excluding hydrogens is 459 g/mol. The molecule has 4 atom stereocenters. The van der Waals surface area contributed by atoms with Crippen LogP contribution in [-0.4, -0.2) is 62.7 Å². The third kappa shape index (κ3) is 3.98. The molecule has 3 heterocycles. The second kappa shape index (κ2) is 7.88. The van der Waals surface area contributed by atoms with Crippen LogP contribution in [0.4, 0.5) is 4.39 Å². The van der Waals surface area contributed by atoms with Gasteiger partial charge in [-0.05, 0) is 6.07 Å². The van der Waals surface area contributed by atoms with E-state index in [0.29, 0.717) is 10.1 Å². The fourth-order valence-electron chi connectivity index (χ4n) is 3.43. The van der Waals surface area contributed by atoms with Crippen LogP contribution < -0.4 is 20.5 Å². The number of rotatable bonds is 5. The van der Waals surface area contributed by atoms with E-state index in [1.807, 2.05) is 4.98 Å². The van der Waals surface area contributed by atoms with Gasteiger partial charge in [0.1, 0.15) is 29.2 Å². The highest BCUT2D eigenvalue weighted by Crippen LogP contribution is 2.60. The van der Waals surface area contributed by atoms with E-state index in [2.05, 4.69) is 0 Å². The molecule has 4 rings (SSSR count). The van der Waals surface area contributed by atoms with E-state index in [9.17, 15) is 19.3 Å². The van der Waals surface area contributed by atoms with E-state index in [1.165, 1.54) is 13.2 Å². The van der Waals surface area contributed by atoms with Gasteiger partial charge < -0.3 is 19.1 Å². The molecule has 168 valence electrons. The number of fused-ring (bicyclic) bond motifs is 1. The number of halogens is 1. The number of hydrogen-bond acceptors (Lipinski definition) is 9. The highest BCUT2D eigenvalue weighted by atomic mass is 31.2. The van der Waals surface area contributed by atoms with Crippen molar-refractivity contribution in [1.82, 2.24) is 9.55 Å². The summed E-state index contributed by atoms with van der Waals surface area (Å²) in [5.41, 5.74) is -3.97. The molecule has 0 spiro atoms. The zero-order valence-corrected chi connectivity index (χ0v) is 18.0. The van der Waals surface area contributed by atoms with Crippen LogP contribution in [0.25, 0.3) is 0 Å². The highest BCUT2D eigenvalue weighted by Gasteiger charge is 2.63. The van der Waals surface area contributed by atoms with E-state index in [1.54, 1.807) is 12.1 Å². The van der Waals surface area contributed by atoms with Gasteiger partial charge in [-0.15, -0.1) is 0 Å². The topological polar surface area (TPSA) is 138 Å². The first-order chi connectivity index (χ1) is 15.3. The largest absolute Gasteiger partial charge is 0.529 e. The van der Waals surface area contributed by atoms with Crippen LogP contribution >= 0.6 is 7.82 Å². The Bertz CT molecular complexity index is 1240. The molecule has 2 aromatic rings. The standard InChI is InChI=1S/C17H15B3FN2O9P/c1-28-10-4-2-3-9-8-29-33(27,30-13(9)10)32-17(19,20)15(21)7-11(24)16(18,31-15)23-6-5-12(25)22-14(23)26/h2-6,11,24H,7-8H2,1H3,(H,22,25,26)/t11-,15+,16+,33?/m1/s1. The van der Waals surface area contributed by atoms with Crippen LogP contribution in [0.5, 0.6) is 11.5 Å². The van der Waals surface area contributed by atoms with Crippen LogP contribution in [0.15, 0.2) is 40.1 Å². The number of benzene rings is 1. The van der Waals surface area contributed by atoms with Gasteiger partial charge in [0.15, 0.2) is 11.5 Å². The third-order valence-corrected chi connectivity index (χ3v) is 6.54. The number of phosphoric acid groups is 1. The molecule has 2 N–H and O–H groups in total. The van der Waals surface area contributed by atoms with Gasteiger partial charge in [-0.25, -0.2) is 13.8 Å². The van der Waals surface area contributed by atoms with E-state index >= 15 is 4.39 Å². The minimum Gasteiger partial charge on any atom is -0.493 e. The number of ether oxygens (including phenoxy) is 2. The summed E-state index contributed by atoms with van der Waals surface area (Å²) >= 11 is 0. The summed E-state index contributed by atoms with van der Waals surface area (Å²) in [5.74, 6) is -3.10. The highest BCUT2D eigenvalue weighted by molar-refractivity contribution is 7.49. The van der Waals surface area contributed by atoms with Crippen LogP contribution in [0.1, 0.15) is 12.0 Å². The average Bonchev–Trinajstić information content (AvgIpc) is 2.97. The minimum absolute atomic E-state index is 0.0126. The number of aliphatic hydroxyl groups excluding tert-OH is 1. The van der Waals surface area contributed by atoms with Gasteiger partial charge >= 0.3 is 13.5 Å². The second-order valence-corrected chi connectivity index (χ2v) is 8.95. The van der Waals surface area contributed by atoms with Crippen LogP contribution in [-0.2, 0) is 30.6 Å². The van der Waals surface area contributed by atoms with Gasteiger partial charge in [0, 0.05) is 24.2 Å². The lowest BCUT2D eigenvalue weighted by Crippen LogP contribution is -2.56. The molecule has 2 aliphatic rings. The van der Waals surface area contributed by atoms with Gasteiger partial charge in [0.2, 0.25) is 5.85 Å². The lowest BCUT2D eigenvalue weighted by molar-refractivity contribution is -0.219. The zero-order valence-electron chi connectivity index (χ0n) is 17.1. The molecule has 6 radical (unpaired) electrons. The van der Waals surface area contributed by atoms with Gasteiger partial charge in [0.25, 0.3) is 5.56 Å². The van der Waals surface area contributed by atoms with E-state index in [0.717, 1.165) is 12.3 Å². The molecule has 1 unspecified atom stereocenters. The normalized spacial score (nSPS) is 31.5. The third-order valence-electron chi connectivity index (χ3n) is 5.17. The van der Waals surface area contributed by atoms with Crippen molar-refractivity contribution in [1.29, 1.82) is 0 Å². The van der Waals surface area contributed by atoms with Crippen molar-refractivity contribution < 1.29 is 37.1 Å². The van der Waals surface area contributed by atoms with Crippen molar-refractivity contribution in [3.63, 3.8) is 0 Å². The lowest BCUT2D eigenvalue weighted by atomic mass is 9.60. The molecule has 0 aliphatic carbocycles. The minimum atomic E-state index is -4.64. The Kier molecular flexibility index (Phi) is 5.69. The van der Waals surface area contributed by atoms with Gasteiger partial charge in [-0.2, -0.15) is 0 Å². The van der Waals surface area contributed by atoms with E-state index < -0.39 is 48.5 Å². The quantitative estimate of drug-likeness (QED) is 0.434. The van der Waals surface area contributed by atoms with Crippen molar-refractivity contribution in [2.24, 2.45) is 0 Å². The average molecular weight is 474 g/mol.